The number of nitrogens with zero attached hydrogens (tertiary/aromatic N) is 3. The Morgan fingerprint density at radius 2 is 1.84 bits per heavy atom. The maximum Gasteiger partial charge on any atom is 0.297 e. The van der Waals surface area contributed by atoms with Crippen LogP contribution in [0.3, 0.4) is 0 Å². The van der Waals surface area contributed by atoms with E-state index in [9.17, 15) is 15.0 Å². The Kier molecular flexibility index (Phi) is 4.72. The molecule has 0 bridgehead atoms. The molecule has 1 atom stereocenters. The Labute approximate surface area is 144 Å². The average molecular weight is 335 g/mol. The van der Waals surface area contributed by atoms with Gasteiger partial charge in [-0.05, 0) is 11.6 Å². The fourth-order valence-electron chi connectivity index (χ4n) is 2.62. The maximum atomic E-state index is 12.1. The van der Waals surface area contributed by atoms with Crippen molar-refractivity contribution in [3.05, 3.63) is 72.8 Å². The summed E-state index contributed by atoms with van der Waals surface area (Å²) in [5.74, 6) is -0.905. The van der Waals surface area contributed by atoms with Gasteiger partial charge < -0.3 is 14.8 Å². The summed E-state index contributed by atoms with van der Waals surface area (Å²) in [5, 5.41) is 28.6. The lowest BCUT2D eigenvalue weighted by Crippen LogP contribution is -2.08. The minimum atomic E-state index is -1.39. The highest BCUT2D eigenvalue weighted by Gasteiger charge is 2.19. The first kappa shape index (κ1) is 16.6. The second-order valence-electron chi connectivity index (χ2n) is 5.44. The van der Waals surface area contributed by atoms with Crippen LogP contribution in [0.2, 0.25) is 0 Å². The summed E-state index contributed by atoms with van der Waals surface area (Å²) in [4.78, 5) is 12.1. The van der Waals surface area contributed by atoms with Crippen molar-refractivity contribution >= 4 is 22.5 Å². The van der Waals surface area contributed by atoms with Gasteiger partial charge in [-0.15, -0.1) is 16.8 Å². The predicted molar refractivity (Wildman–Crippen MR) is 94.7 cm³/mol. The zero-order valence-electron chi connectivity index (χ0n) is 13.4. The van der Waals surface area contributed by atoms with Crippen molar-refractivity contribution in [2.75, 3.05) is 0 Å². The lowest BCUT2D eigenvalue weighted by molar-refractivity contribution is -0.126. The lowest BCUT2D eigenvalue weighted by Gasteiger charge is -2.05. The molecular weight excluding hydrogens is 318 g/mol. The third kappa shape index (κ3) is 3.20. The molecule has 0 radical (unpaired) electrons. The number of amides is 1. The molecule has 3 aromatic rings. The number of benzene rings is 2. The summed E-state index contributed by atoms with van der Waals surface area (Å²) in [6.07, 6.45) is 0.255. The van der Waals surface area contributed by atoms with E-state index in [0.717, 1.165) is 5.52 Å². The largest absolute Gasteiger partial charge is 0.493 e. The zero-order valence-corrected chi connectivity index (χ0v) is 13.4. The number of aromatic hydroxyl groups is 1. The van der Waals surface area contributed by atoms with Gasteiger partial charge in [0.1, 0.15) is 0 Å². The fraction of sp³-hybridized carbons (Fsp3) is 0.105. The number of carbonyl (C=O) groups is 1. The number of fused-ring (bicyclic) bond motifs is 1. The fourth-order valence-corrected chi connectivity index (χ4v) is 2.62. The van der Waals surface area contributed by atoms with Crippen LogP contribution in [0.5, 0.6) is 5.88 Å². The topological polar surface area (TPSA) is 87.2 Å². The van der Waals surface area contributed by atoms with Crippen LogP contribution < -0.4 is 0 Å². The smallest absolute Gasteiger partial charge is 0.297 e. The van der Waals surface area contributed by atoms with E-state index in [1.54, 1.807) is 53.1 Å². The molecule has 126 valence electrons. The van der Waals surface area contributed by atoms with Crippen LogP contribution in [0, 0.1) is 0 Å². The third-order valence-electron chi connectivity index (χ3n) is 3.83. The van der Waals surface area contributed by atoms with Crippen molar-refractivity contribution in [2.45, 2.75) is 12.6 Å². The molecule has 1 amide bonds. The normalized spacial score (nSPS) is 12.5. The number of hydrogen-bond donors (Lipinski definition) is 2. The predicted octanol–water partition coefficient (Wildman–Crippen LogP) is 3.88. The minimum Gasteiger partial charge on any atom is -0.493 e. The Morgan fingerprint density at radius 3 is 2.56 bits per heavy atom. The Bertz CT molecular complexity index is 945. The first-order valence-electron chi connectivity index (χ1n) is 7.73. The van der Waals surface area contributed by atoms with Gasteiger partial charge in [-0.1, -0.05) is 54.6 Å². The number of aliphatic hydroxyl groups is 1. The third-order valence-corrected chi connectivity index (χ3v) is 3.83. The molecule has 6 heteroatoms. The van der Waals surface area contributed by atoms with E-state index in [1.165, 1.54) is 0 Å². The molecule has 0 fully saturated rings. The van der Waals surface area contributed by atoms with E-state index in [2.05, 4.69) is 16.8 Å². The zero-order chi connectivity index (χ0) is 17.8. The maximum absolute atomic E-state index is 12.1. The molecule has 0 unspecified atom stereocenters. The van der Waals surface area contributed by atoms with Gasteiger partial charge in [0.05, 0.1) is 5.52 Å². The summed E-state index contributed by atoms with van der Waals surface area (Å²) in [7, 11) is 0. The van der Waals surface area contributed by atoms with Crippen LogP contribution in [0.1, 0.15) is 11.7 Å². The van der Waals surface area contributed by atoms with Crippen LogP contribution >= 0.6 is 0 Å². The molecular formula is C19H17N3O3. The molecule has 0 saturated carbocycles. The molecule has 3 rings (SSSR count). The highest BCUT2D eigenvalue weighted by atomic mass is 16.3. The van der Waals surface area contributed by atoms with Crippen molar-refractivity contribution in [1.82, 2.24) is 4.57 Å². The molecule has 0 aliphatic rings. The second-order valence-corrected chi connectivity index (χ2v) is 5.44. The highest BCUT2D eigenvalue weighted by molar-refractivity contribution is 5.95. The van der Waals surface area contributed by atoms with Crippen molar-refractivity contribution in [2.24, 2.45) is 10.2 Å². The molecule has 2 N–H and O–H groups in total. The number of carbonyl (C=O) groups excluding carboxylic acids is 1. The van der Waals surface area contributed by atoms with Gasteiger partial charge in [0.2, 0.25) is 5.88 Å². The Morgan fingerprint density at radius 1 is 1.16 bits per heavy atom. The summed E-state index contributed by atoms with van der Waals surface area (Å²) >= 11 is 0. The van der Waals surface area contributed by atoms with E-state index in [0.29, 0.717) is 17.5 Å². The van der Waals surface area contributed by atoms with Crippen LogP contribution in [0.25, 0.3) is 10.9 Å². The van der Waals surface area contributed by atoms with Gasteiger partial charge in [-0.25, -0.2) is 0 Å². The Balaban J connectivity index is 1.95. The monoisotopic (exact) mass is 335 g/mol. The quantitative estimate of drug-likeness (QED) is 0.548. The molecule has 0 spiro atoms. The van der Waals surface area contributed by atoms with Crippen LogP contribution in [-0.4, -0.2) is 20.7 Å². The molecule has 0 aliphatic heterocycles. The van der Waals surface area contributed by atoms with Crippen molar-refractivity contribution in [3.63, 3.8) is 0 Å². The molecule has 0 saturated heterocycles. The van der Waals surface area contributed by atoms with Crippen LogP contribution in [-0.2, 0) is 11.3 Å². The minimum absolute atomic E-state index is 0.105. The number of hydrogen-bond acceptors (Lipinski definition) is 4. The SMILES string of the molecule is C=CCn1c(O)c(N=NC(=O)[C@@H](O)c2ccccc2)c2ccccc21. The van der Waals surface area contributed by atoms with E-state index in [-0.39, 0.29) is 11.6 Å². The number of para-hydroxylation sites is 1. The first-order chi connectivity index (χ1) is 12.1. The molecule has 6 nitrogen and oxygen atoms in total. The van der Waals surface area contributed by atoms with Crippen LogP contribution in [0.15, 0.2) is 77.5 Å². The number of aromatic nitrogens is 1. The van der Waals surface area contributed by atoms with E-state index in [1.807, 2.05) is 12.1 Å². The lowest BCUT2D eigenvalue weighted by atomic mass is 10.1. The second kappa shape index (κ2) is 7.11. The van der Waals surface area contributed by atoms with Crippen molar-refractivity contribution in [1.29, 1.82) is 0 Å². The molecule has 1 aromatic heterocycles. The molecule has 2 aromatic carbocycles. The van der Waals surface area contributed by atoms with Crippen molar-refractivity contribution < 1.29 is 15.0 Å². The van der Waals surface area contributed by atoms with Gasteiger partial charge >= 0.3 is 0 Å². The Hall–Kier alpha value is -3.25. The van der Waals surface area contributed by atoms with E-state index < -0.39 is 12.0 Å². The summed E-state index contributed by atoms with van der Waals surface area (Å²) < 4.78 is 1.62. The number of allylic oxidation sites excluding steroid dienone is 1. The van der Waals surface area contributed by atoms with Gasteiger partial charge in [-0.2, -0.15) is 0 Å². The highest BCUT2D eigenvalue weighted by Crippen LogP contribution is 2.38. The molecule has 1 heterocycles. The average Bonchev–Trinajstić information content (AvgIpc) is 2.92. The standard InChI is InChI=1S/C19H17N3O3/c1-2-12-22-15-11-7-6-10-14(15)16(19(22)25)20-21-18(24)17(23)13-8-4-3-5-9-13/h2-11,17,23,25H,1,12H2/t17-/m0/s1. The van der Waals surface area contributed by atoms with Crippen LogP contribution in [0.4, 0.5) is 5.69 Å². The number of azo groups is 1. The van der Waals surface area contributed by atoms with Crippen molar-refractivity contribution in [3.8, 4) is 5.88 Å². The first-order valence-corrected chi connectivity index (χ1v) is 7.73. The van der Waals surface area contributed by atoms with E-state index in [4.69, 9.17) is 0 Å². The summed E-state index contributed by atoms with van der Waals surface area (Å²) in [6, 6.07) is 15.7. The molecule has 25 heavy (non-hydrogen) atoms. The molecule has 0 aliphatic carbocycles. The number of rotatable bonds is 5. The van der Waals surface area contributed by atoms with Gasteiger partial charge in [0.15, 0.2) is 11.8 Å². The van der Waals surface area contributed by atoms with E-state index >= 15 is 0 Å². The van der Waals surface area contributed by atoms with Gasteiger partial charge in [-0.3, -0.25) is 4.79 Å². The van der Waals surface area contributed by atoms with Gasteiger partial charge in [0.25, 0.3) is 5.91 Å². The van der Waals surface area contributed by atoms with Gasteiger partial charge in [0, 0.05) is 11.9 Å². The summed E-state index contributed by atoms with van der Waals surface area (Å²) in [6.45, 7) is 4.06. The number of aliphatic hydroxyl groups excluding tert-OH is 1. The summed E-state index contributed by atoms with van der Waals surface area (Å²) in [5.41, 5.74) is 1.38.